The second-order valence-corrected chi connectivity index (χ2v) is 7.43. The second kappa shape index (κ2) is 7.96. The van der Waals surface area contributed by atoms with Crippen molar-refractivity contribution in [3.63, 3.8) is 0 Å². The number of carbonyl (C=O) groups is 1. The fourth-order valence-electron chi connectivity index (χ4n) is 3.36. The summed E-state index contributed by atoms with van der Waals surface area (Å²) in [5.41, 5.74) is 1.93. The maximum absolute atomic E-state index is 14.7. The van der Waals surface area contributed by atoms with Crippen molar-refractivity contribution in [3.8, 4) is 16.9 Å². The van der Waals surface area contributed by atoms with E-state index in [1.807, 2.05) is 19.9 Å². The SMILES string of the molecule is Cc1cc(C)n(-c2ccc(NC(=O)c3c(-c4c(F)cccc4Cl)noc3C)cc2F)n1. The summed E-state index contributed by atoms with van der Waals surface area (Å²) in [4.78, 5) is 12.9. The average Bonchev–Trinajstić information content (AvgIpc) is 3.23. The lowest BCUT2D eigenvalue weighted by Crippen LogP contribution is -2.14. The smallest absolute Gasteiger partial charge is 0.261 e. The van der Waals surface area contributed by atoms with Gasteiger partial charge in [-0.3, -0.25) is 4.79 Å². The molecular formula is C22H17ClF2N4O2. The summed E-state index contributed by atoms with van der Waals surface area (Å²) in [6, 6.07) is 10.2. The first kappa shape index (κ1) is 20.7. The van der Waals surface area contributed by atoms with Crippen LogP contribution in [0.1, 0.15) is 27.5 Å². The van der Waals surface area contributed by atoms with E-state index >= 15 is 0 Å². The second-order valence-electron chi connectivity index (χ2n) is 7.02. The molecule has 0 aliphatic heterocycles. The Labute approximate surface area is 181 Å². The van der Waals surface area contributed by atoms with Gasteiger partial charge in [0.2, 0.25) is 0 Å². The monoisotopic (exact) mass is 442 g/mol. The number of nitrogens with one attached hydrogen (secondary N) is 1. The Morgan fingerprint density at radius 1 is 1.10 bits per heavy atom. The van der Waals surface area contributed by atoms with Gasteiger partial charge in [0, 0.05) is 11.4 Å². The van der Waals surface area contributed by atoms with Gasteiger partial charge in [-0.2, -0.15) is 5.10 Å². The van der Waals surface area contributed by atoms with Crippen molar-refractivity contribution in [2.24, 2.45) is 0 Å². The van der Waals surface area contributed by atoms with Gasteiger partial charge in [0.05, 0.1) is 16.3 Å². The zero-order chi connectivity index (χ0) is 22.3. The number of hydrogen-bond donors (Lipinski definition) is 1. The molecule has 2 aromatic heterocycles. The summed E-state index contributed by atoms with van der Waals surface area (Å²) in [6.07, 6.45) is 0. The van der Waals surface area contributed by atoms with Crippen LogP contribution in [-0.4, -0.2) is 20.8 Å². The first-order chi connectivity index (χ1) is 14.8. The number of carbonyl (C=O) groups excluding carboxylic acids is 1. The molecule has 31 heavy (non-hydrogen) atoms. The molecule has 6 nitrogen and oxygen atoms in total. The van der Waals surface area contributed by atoms with Crippen LogP contribution in [0.25, 0.3) is 16.9 Å². The molecule has 0 unspecified atom stereocenters. The first-order valence-electron chi connectivity index (χ1n) is 9.31. The highest BCUT2D eigenvalue weighted by atomic mass is 35.5. The molecule has 0 aliphatic rings. The molecule has 4 aromatic rings. The van der Waals surface area contributed by atoms with Gasteiger partial charge in [-0.25, -0.2) is 13.5 Å². The molecule has 0 atom stereocenters. The number of rotatable bonds is 4. The lowest BCUT2D eigenvalue weighted by molar-refractivity contribution is 0.102. The van der Waals surface area contributed by atoms with Crippen LogP contribution in [0.5, 0.6) is 0 Å². The largest absolute Gasteiger partial charge is 0.360 e. The molecule has 9 heteroatoms. The Morgan fingerprint density at radius 3 is 2.52 bits per heavy atom. The number of amides is 1. The van der Waals surface area contributed by atoms with Gasteiger partial charge in [-0.15, -0.1) is 0 Å². The van der Waals surface area contributed by atoms with Crippen LogP contribution in [0.3, 0.4) is 0 Å². The minimum Gasteiger partial charge on any atom is -0.360 e. The molecule has 0 spiro atoms. The van der Waals surface area contributed by atoms with E-state index in [2.05, 4.69) is 15.6 Å². The average molecular weight is 443 g/mol. The number of aryl methyl sites for hydroxylation is 3. The van der Waals surface area contributed by atoms with Gasteiger partial charge in [0.1, 0.15) is 28.5 Å². The van der Waals surface area contributed by atoms with Crippen molar-refractivity contribution in [2.45, 2.75) is 20.8 Å². The standard InChI is InChI=1S/C22H17ClF2N4O2/c1-11-9-12(2)29(27-11)18-8-7-14(10-17(18)25)26-22(30)19-13(3)31-28-21(19)20-15(23)5-4-6-16(20)24/h4-10H,1-3H3,(H,26,30). The van der Waals surface area contributed by atoms with Crippen molar-refractivity contribution in [3.05, 3.63) is 81.8 Å². The lowest BCUT2D eigenvalue weighted by atomic mass is 10.0. The maximum Gasteiger partial charge on any atom is 0.261 e. The number of anilines is 1. The van der Waals surface area contributed by atoms with E-state index in [0.717, 1.165) is 11.4 Å². The topological polar surface area (TPSA) is 73.0 Å². The number of nitrogens with zero attached hydrogens (tertiary/aromatic N) is 3. The third-order valence-corrected chi connectivity index (χ3v) is 5.05. The normalized spacial score (nSPS) is 11.0. The molecule has 2 heterocycles. The molecule has 4 rings (SSSR count). The summed E-state index contributed by atoms with van der Waals surface area (Å²) >= 11 is 6.11. The molecular weight excluding hydrogens is 426 g/mol. The third-order valence-electron chi connectivity index (χ3n) is 4.73. The molecule has 1 N–H and O–H groups in total. The fourth-order valence-corrected chi connectivity index (χ4v) is 3.61. The zero-order valence-electron chi connectivity index (χ0n) is 16.8. The van der Waals surface area contributed by atoms with Gasteiger partial charge in [-0.05, 0) is 57.2 Å². The quantitative estimate of drug-likeness (QED) is 0.444. The number of benzene rings is 2. The summed E-state index contributed by atoms with van der Waals surface area (Å²) in [5, 5.41) is 10.8. The Bertz CT molecular complexity index is 1290. The third kappa shape index (κ3) is 3.82. The molecule has 0 fully saturated rings. The van der Waals surface area contributed by atoms with Crippen LogP contribution >= 0.6 is 11.6 Å². The van der Waals surface area contributed by atoms with E-state index in [4.69, 9.17) is 16.1 Å². The fraction of sp³-hybridized carbons (Fsp3) is 0.136. The zero-order valence-corrected chi connectivity index (χ0v) is 17.6. The van der Waals surface area contributed by atoms with Crippen LogP contribution in [0.4, 0.5) is 14.5 Å². The van der Waals surface area contributed by atoms with Gasteiger partial charge >= 0.3 is 0 Å². The predicted octanol–water partition coefficient (Wildman–Crippen LogP) is 5.64. The van der Waals surface area contributed by atoms with Crippen LogP contribution in [0.15, 0.2) is 47.0 Å². The van der Waals surface area contributed by atoms with Crippen molar-refractivity contribution in [2.75, 3.05) is 5.32 Å². The molecule has 0 bridgehead atoms. The van der Waals surface area contributed by atoms with Crippen LogP contribution in [0.2, 0.25) is 5.02 Å². The summed E-state index contributed by atoms with van der Waals surface area (Å²) in [6.45, 7) is 5.16. The minimum atomic E-state index is -0.643. The van der Waals surface area contributed by atoms with Crippen molar-refractivity contribution >= 4 is 23.2 Å². The molecule has 0 radical (unpaired) electrons. The van der Waals surface area contributed by atoms with Gasteiger partial charge in [0.25, 0.3) is 5.91 Å². The Kier molecular flexibility index (Phi) is 5.32. The summed E-state index contributed by atoms with van der Waals surface area (Å²) in [5.74, 6) is -1.67. The Morgan fingerprint density at radius 2 is 1.87 bits per heavy atom. The van der Waals surface area contributed by atoms with Gasteiger partial charge < -0.3 is 9.84 Å². The van der Waals surface area contributed by atoms with Gasteiger partial charge in [0.15, 0.2) is 5.82 Å². The van der Waals surface area contributed by atoms with Crippen molar-refractivity contribution in [1.82, 2.24) is 14.9 Å². The highest BCUT2D eigenvalue weighted by Crippen LogP contribution is 2.34. The Balaban J connectivity index is 1.66. The lowest BCUT2D eigenvalue weighted by Gasteiger charge is -2.10. The highest BCUT2D eigenvalue weighted by molar-refractivity contribution is 6.33. The highest BCUT2D eigenvalue weighted by Gasteiger charge is 2.25. The number of halogens is 3. The van der Waals surface area contributed by atoms with Crippen LogP contribution in [0, 0.1) is 32.4 Å². The summed E-state index contributed by atoms with van der Waals surface area (Å²) in [7, 11) is 0. The minimum absolute atomic E-state index is 0.00929. The van der Waals surface area contributed by atoms with E-state index < -0.39 is 17.5 Å². The Hall–Kier alpha value is -3.52. The molecule has 2 aromatic carbocycles. The van der Waals surface area contributed by atoms with E-state index in [-0.39, 0.29) is 39.0 Å². The van der Waals surface area contributed by atoms with Gasteiger partial charge in [-0.1, -0.05) is 22.8 Å². The summed E-state index contributed by atoms with van der Waals surface area (Å²) < 4.78 is 35.7. The molecule has 0 aliphatic carbocycles. The molecule has 1 amide bonds. The van der Waals surface area contributed by atoms with E-state index in [1.165, 1.54) is 41.9 Å². The number of aromatic nitrogens is 3. The van der Waals surface area contributed by atoms with E-state index in [9.17, 15) is 13.6 Å². The van der Waals surface area contributed by atoms with Crippen LogP contribution < -0.4 is 5.32 Å². The van der Waals surface area contributed by atoms with Crippen molar-refractivity contribution in [1.29, 1.82) is 0 Å². The van der Waals surface area contributed by atoms with Crippen LogP contribution in [-0.2, 0) is 0 Å². The maximum atomic E-state index is 14.7. The van der Waals surface area contributed by atoms with E-state index in [0.29, 0.717) is 0 Å². The van der Waals surface area contributed by atoms with E-state index in [1.54, 1.807) is 6.07 Å². The predicted molar refractivity (Wildman–Crippen MR) is 113 cm³/mol. The molecule has 0 saturated carbocycles. The molecule has 158 valence electrons. The first-order valence-corrected chi connectivity index (χ1v) is 9.69. The molecule has 0 saturated heterocycles. The van der Waals surface area contributed by atoms with Crippen molar-refractivity contribution < 1.29 is 18.1 Å². The number of hydrogen-bond acceptors (Lipinski definition) is 4.